The van der Waals surface area contributed by atoms with Gasteiger partial charge in [0.25, 0.3) is 0 Å². The van der Waals surface area contributed by atoms with E-state index in [1.54, 1.807) is 13.0 Å². The van der Waals surface area contributed by atoms with E-state index in [1.165, 1.54) is 11.3 Å². The molecule has 0 radical (unpaired) electrons. The van der Waals surface area contributed by atoms with E-state index >= 15 is 0 Å². The van der Waals surface area contributed by atoms with Gasteiger partial charge in [-0.3, -0.25) is 4.79 Å². The summed E-state index contributed by atoms with van der Waals surface area (Å²) in [5.74, 6) is 0.0863. The minimum atomic E-state index is 0.0863. The Balaban J connectivity index is 0. The number of hydrogen-bond donors (Lipinski definition) is 1. The molecule has 19 heavy (non-hydrogen) atoms. The quantitative estimate of drug-likeness (QED) is 0.715. The highest BCUT2D eigenvalue weighted by atomic mass is 32.1. The van der Waals surface area contributed by atoms with Crippen molar-refractivity contribution in [2.24, 2.45) is 0 Å². The van der Waals surface area contributed by atoms with Crippen LogP contribution in [-0.4, -0.2) is 12.8 Å². The number of allylic oxidation sites excluding steroid dienone is 1. The normalized spacial score (nSPS) is 9.00. The van der Waals surface area contributed by atoms with Crippen LogP contribution in [0.1, 0.15) is 61.7 Å². The van der Waals surface area contributed by atoms with Crippen molar-refractivity contribution in [2.75, 3.05) is 12.4 Å². The maximum absolute atomic E-state index is 11.4. The van der Waals surface area contributed by atoms with Crippen molar-refractivity contribution in [3.8, 4) is 0 Å². The van der Waals surface area contributed by atoms with Crippen LogP contribution in [0.4, 0.5) is 5.69 Å². The molecule has 0 unspecified atom stereocenters. The van der Waals surface area contributed by atoms with Crippen molar-refractivity contribution < 1.29 is 4.79 Å². The van der Waals surface area contributed by atoms with Gasteiger partial charge in [-0.25, -0.2) is 0 Å². The number of thiophene rings is 1. The van der Waals surface area contributed by atoms with Crippen molar-refractivity contribution >= 4 is 35.0 Å². The zero-order valence-corrected chi connectivity index (χ0v) is 14.1. The fourth-order valence-electron chi connectivity index (χ4n) is 1.44. The molecule has 0 aliphatic rings. The maximum atomic E-state index is 11.4. The predicted molar refractivity (Wildman–Crippen MR) is 91.4 cm³/mol. The average Bonchev–Trinajstić information content (AvgIpc) is 2.81. The lowest BCUT2D eigenvalue weighted by Gasteiger charge is -2.01. The lowest BCUT2D eigenvalue weighted by molar-refractivity contribution is 0.102. The van der Waals surface area contributed by atoms with Gasteiger partial charge in [-0.15, -0.1) is 11.3 Å². The largest absolute Gasteiger partial charge is 0.386 e. The van der Waals surface area contributed by atoms with Gasteiger partial charge in [0.2, 0.25) is 0 Å². The molecule has 0 aliphatic heterocycles. The zero-order valence-electron chi connectivity index (χ0n) is 13.3. The van der Waals surface area contributed by atoms with Crippen molar-refractivity contribution in [1.29, 1.82) is 0 Å². The average molecular weight is 281 g/mol. The molecule has 0 saturated heterocycles. The van der Waals surface area contributed by atoms with Crippen molar-refractivity contribution in [2.45, 2.75) is 41.5 Å². The topological polar surface area (TPSA) is 29.1 Å². The van der Waals surface area contributed by atoms with E-state index in [0.717, 1.165) is 21.0 Å². The van der Waals surface area contributed by atoms with E-state index in [2.05, 4.69) is 11.9 Å². The number of ketones is 1. The van der Waals surface area contributed by atoms with Gasteiger partial charge < -0.3 is 5.32 Å². The van der Waals surface area contributed by atoms with E-state index in [9.17, 15) is 4.79 Å². The summed E-state index contributed by atoms with van der Waals surface area (Å²) in [6, 6.07) is 0. The van der Waals surface area contributed by atoms with Gasteiger partial charge in [-0.1, -0.05) is 46.4 Å². The Hall–Kier alpha value is -1.35. The van der Waals surface area contributed by atoms with Crippen LogP contribution in [0, 0.1) is 0 Å². The molecule has 0 fully saturated rings. The van der Waals surface area contributed by atoms with Crippen LogP contribution in [-0.2, 0) is 0 Å². The van der Waals surface area contributed by atoms with Gasteiger partial charge in [-0.05, 0) is 13.0 Å². The monoisotopic (exact) mass is 281 g/mol. The van der Waals surface area contributed by atoms with Gasteiger partial charge in [0.05, 0.1) is 10.6 Å². The van der Waals surface area contributed by atoms with Crippen LogP contribution in [0.15, 0.2) is 12.7 Å². The molecular weight excluding hydrogens is 254 g/mol. The molecule has 1 aromatic heterocycles. The van der Waals surface area contributed by atoms with E-state index < -0.39 is 0 Å². The second-order valence-electron chi connectivity index (χ2n) is 3.09. The van der Waals surface area contributed by atoms with E-state index in [4.69, 9.17) is 0 Å². The highest BCUT2D eigenvalue weighted by molar-refractivity contribution is 7.15. The van der Waals surface area contributed by atoms with Gasteiger partial charge in [-0.2, -0.15) is 0 Å². The molecule has 0 aromatic carbocycles. The fourth-order valence-corrected chi connectivity index (χ4v) is 2.61. The van der Waals surface area contributed by atoms with Gasteiger partial charge in [0.15, 0.2) is 5.78 Å². The zero-order chi connectivity index (χ0) is 15.4. The molecule has 0 spiro atoms. The Kier molecular flexibility index (Phi) is 12.3. The summed E-state index contributed by atoms with van der Waals surface area (Å²) in [5.41, 5.74) is 1.89. The van der Waals surface area contributed by atoms with Gasteiger partial charge in [0.1, 0.15) is 0 Å². The summed E-state index contributed by atoms with van der Waals surface area (Å²) in [6.07, 6.45) is 5.74. The van der Waals surface area contributed by atoms with Crippen molar-refractivity contribution in [1.82, 2.24) is 0 Å². The lowest BCUT2D eigenvalue weighted by atomic mass is 10.1. The molecule has 0 aliphatic carbocycles. The summed E-state index contributed by atoms with van der Waals surface area (Å²) in [6.45, 7) is 15.3. The molecule has 108 valence electrons. The molecule has 1 aromatic rings. The Morgan fingerprint density at radius 2 is 1.79 bits per heavy atom. The third kappa shape index (κ3) is 5.43. The summed E-state index contributed by atoms with van der Waals surface area (Å²) < 4.78 is 0. The second kappa shape index (κ2) is 11.7. The van der Waals surface area contributed by atoms with Gasteiger partial charge in [0, 0.05) is 24.4 Å². The maximum Gasteiger partial charge on any atom is 0.171 e. The molecule has 0 saturated carbocycles. The first-order valence-electron chi connectivity index (χ1n) is 6.76. The first kappa shape index (κ1) is 20.0. The summed E-state index contributed by atoms with van der Waals surface area (Å²) >= 11 is 1.50. The number of hydrogen-bond acceptors (Lipinski definition) is 3. The molecule has 0 amide bonds. The third-order valence-electron chi connectivity index (χ3n) is 2.07. The van der Waals surface area contributed by atoms with Crippen molar-refractivity contribution in [3.63, 3.8) is 0 Å². The number of carbonyl (C=O) groups excluding carboxylic acids is 1. The van der Waals surface area contributed by atoms with Crippen LogP contribution in [0.5, 0.6) is 0 Å². The summed E-state index contributed by atoms with van der Waals surface area (Å²) in [5, 5.41) is 3.06. The van der Waals surface area contributed by atoms with Crippen LogP contribution in [0.3, 0.4) is 0 Å². The highest BCUT2D eigenvalue weighted by Gasteiger charge is 2.16. The van der Waals surface area contributed by atoms with Crippen LogP contribution >= 0.6 is 11.3 Å². The number of Topliss-reactive ketones (excluding diaryl/α,β-unsaturated/α-hetero) is 1. The van der Waals surface area contributed by atoms with Crippen LogP contribution in [0.25, 0.3) is 12.2 Å². The predicted octanol–water partition coefficient (Wildman–Crippen LogP) is 5.72. The summed E-state index contributed by atoms with van der Waals surface area (Å²) in [4.78, 5) is 13.3. The van der Waals surface area contributed by atoms with Crippen molar-refractivity contribution in [3.05, 3.63) is 28.0 Å². The van der Waals surface area contributed by atoms with Crippen LogP contribution in [0.2, 0.25) is 0 Å². The smallest absolute Gasteiger partial charge is 0.171 e. The Labute approximate surface area is 122 Å². The minimum Gasteiger partial charge on any atom is -0.386 e. The summed E-state index contributed by atoms with van der Waals surface area (Å²) in [7, 11) is 1.82. The molecular formula is C16H27NOS. The lowest BCUT2D eigenvalue weighted by Crippen LogP contribution is -1.96. The molecule has 3 heteroatoms. The van der Waals surface area contributed by atoms with E-state index in [-0.39, 0.29) is 5.78 Å². The second-order valence-corrected chi connectivity index (χ2v) is 4.15. The van der Waals surface area contributed by atoms with E-state index in [1.807, 2.05) is 53.8 Å². The van der Waals surface area contributed by atoms with Crippen LogP contribution < -0.4 is 5.32 Å². The standard InChI is InChI=1S/C12H15NOS.2C2H6/c1-5-7-10-9(6-2)11(13-4)12(15-10)8(3)14;2*1-2/h5-7,13H,2H2,1,3-4H3;2*1-2H3/b7-5-;;. The molecule has 1 N–H and O–H groups in total. The van der Waals surface area contributed by atoms with E-state index in [0.29, 0.717) is 0 Å². The Morgan fingerprint density at radius 1 is 1.26 bits per heavy atom. The molecule has 0 bridgehead atoms. The fraction of sp³-hybridized carbons (Fsp3) is 0.438. The number of carbonyl (C=O) groups is 1. The molecule has 1 rings (SSSR count). The molecule has 2 nitrogen and oxygen atoms in total. The first-order chi connectivity index (χ1) is 9.15. The Bertz CT molecular complexity index is 417. The molecule has 1 heterocycles. The number of anilines is 1. The SMILES string of the molecule is C=Cc1c(/C=C\C)sc(C(C)=O)c1NC.CC.CC. The highest BCUT2D eigenvalue weighted by Crippen LogP contribution is 2.35. The number of nitrogens with one attached hydrogen (secondary N) is 1. The minimum absolute atomic E-state index is 0.0863. The first-order valence-corrected chi connectivity index (χ1v) is 7.58. The molecule has 0 atom stereocenters. The van der Waals surface area contributed by atoms with Gasteiger partial charge >= 0.3 is 0 Å². The Morgan fingerprint density at radius 3 is 2.11 bits per heavy atom. The third-order valence-corrected chi connectivity index (χ3v) is 3.34. The number of rotatable bonds is 4.